The van der Waals surface area contributed by atoms with Gasteiger partial charge in [-0.1, -0.05) is 30.3 Å². The van der Waals surface area contributed by atoms with Crippen molar-refractivity contribution < 1.29 is 28.2 Å². The molecule has 1 aliphatic rings. The number of halogens is 2. The highest BCUT2D eigenvalue weighted by molar-refractivity contribution is 5.83. The predicted molar refractivity (Wildman–Crippen MR) is 97.7 cm³/mol. The third-order valence-electron chi connectivity index (χ3n) is 4.86. The van der Waals surface area contributed by atoms with Crippen LogP contribution in [-0.4, -0.2) is 35.0 Å². The fraction of sp³-hybridized carbons (Fsp3) is 0.333. The van der Waals surface area contributed by atoms with Crippen LogP contribution in [0.15, 0.2) is 48.5 Å². The van der Waals surface area contributed by atoms with Gasteiger partial charge in [-0.3, -0.25) is 9.59 Å². The molecule has 1 heterocycles. The number of carbonyl (C=O) groups excluding carboxylic acids is 1. The van der Waals surface area contributed by atoms with Crippen LogP contribution in [0.3, 0.4) is 0 Å². The predicted octanol–water partition coefficient (Wildman–Crippen LogP) is 3.80. The van der Waals surface area contributed by atoms with Crippen LogP contribution >= 0.6 is 0 Å². The minimum absolute atomic E-state index is 0.0452. The molecule has 0 radical (unpaired) electrons. The topological polar surface area (TPSA) is 66.8 Å². The number of nitrogens with zero attached hydrogens (tertiary/aromatic N) is 1. The third-order valence-corrected chi connectivity index (χ3v) is 4.86. The molecule has 1 atom stereocenters. The van der Waals surface area contributed by atoms with E-state index in [2.05, 4.69) is 0 Å². The minimum Gasteiger partial charge on any atom is -0.481 e. The first-order valence-electron chi connectivity index (χ1n) is 9.11. The summed E-state index contributed by atoms with van der Waals surface area (Å²) in [7, 11) is 0. The molecule has 1 unspecified atom stereocenters. The fourth-order valence-electron chi connectivity index (χ4n) is 3.35. The Morgan fingerprint density at radius 1 is 1.07 bits per heavy atom. The van der Waals surface area contributed by atoms with Crippen LogP contribution in [0.2, 0.25) is 0 Å². The maximum atomic E-state index is 13.5. The van der Waals surface area contributed by atoms with E-state index in [0.717, 1.165) is 12.1 Å². The summed E-state index contributed by atoms with van der Waals surface area (Å²) in [5.74, 6) is -3.06. The normalized spacial score (nSPS) is 15.9. The first-order chi connectivity index (χ1) is 13.4. The van der Waals surface area contributed by atoms with Crippen LogP contribution in [-0.2, 0) is 9.59 Å². The van der Waals surface area contributed by atoms with Crippen LogP contribution in [0, 0.1) is 17.6 Å². The molecule has 1 saturated heterocycles. The van der Waals surface area contributed by atoms with Crippen molar-refractivity contribution in [2.24, 2.45) is 5.92 Å². The van der Waals surface area contributed by atoms with Gasteiger partial charge in [0.15, 0.2) is 11.6 Å². The Hall–Kier alpha value is -2.96. The maximum absolute atomic E-state index is 13.5. The van der Waals surface area contributed by atoms with Crippen molar-refractivity contribution in [3.8, 4) is 5.75 Å². The number of hydrogen-bond donors (Lipinski definition) is 1. The SMILES string of the molecule is O=C(O)CC1CCN(C(=O)C(Oc2ccc(F)c(F)c2)c2ccccc2)CC1. The Balaban J connectivity index is 1.76. The van der Waals surface area contributed by atoms with Crippen LogP contribution in [0.1, 0.15) is 30.9 Å². The van der Waals surface area contributed by atoms with Gasteiger partial charge in [-0.2, -0.15) is 0 Å². The van der Waals surface area contributed by atoms with Crippen molar-refractivity contribution in [2.75, 3.05) is 13.1 Å². The standard InChI is InChI=1S/C21H21F2NO4/c22-17-7-6-16(13-18(17)23)28-20(15-4-2-1-3-5-15)21(27)24-10-8-14(9-11-24)12-19(25)26/h1-7,13-14,20H,8-12H2,(H,25,26). The van der Waals surface area contributed by atoms with Gasteiger partial charge in [0.1, 0.15) is 5.75 Å². The number of benzene rings is 2. The summed E-state index contributed by atoms with van der Waals surface area (Å²) in [6.07, 6.45) is 0.299. The lowest BCUT2D eigenvalue weighted by molar-refractivity contribution is -0.141. The zero-order chi connectivity index (χ0) is 20.1. The second kappa shape index (κ2) is 8.82. The number of carboxylic acid groups (broad SMARTS) is 1. The highest BCUT2D eigenvalue weighted by Gasteiger charge is 2.31. The number of carbonyl (C=O) groups is 2. The third kappa shape index (κ3) is 4.85. The molecule has 0 spiro atoms. The first-order valence-corrected chi connectivity index (χ1v) is 9.11. The Kier molecular flexibility index (Phi) is 6.23. The molecule has 1 aliphatic heterocycles. The van der Waals surface area contributed by atoms with Crippen molar-refractivity contribution in [3.63, 3.8) is 0 Å². The number of carboxylic acids is 1. The molecule has 2 aromatic carbocycles. The highest BCUT2D eigenvalue weighted by Crippen LogP contribution is 2.28. The van der Waals surface area contributed by atoms with Gasteiger partial charge in [0.2, 0.25) is 6.10 Å². The number of ether oxygens (including phenoxy) is 1. The van der Waals surface area contributed by atoms with Gasteiger partial charge in [-0.05, 0) is 30.9 Å². The lowest BCUT2D eigenvalue weighted by atomic mass is 9.93. The molecule has 148 valence electrons. The molecule has 1 fully saturated rings. The molecule has 0 aromatic heterocycles. The Bertz CT molecular complexity index is 836. The van der Waals surface area contributed by atoms with E-state index in [-0.39, 0.29) is 24.0 Å². The van der Waals surface area contributed by atoms with Gasteiger partial charge in [-0.15, -0.1) is 0 Å². The van der Waals surface area contributed by atoms with E-state index in [9.17, 15) is 18.4 Å². The van der Waals surface area contributed by atoms with Gasteiger partial charge < -0.3 is 14.7 Å². The molecular formula is C21H21F2NO4. The van der Waals surface area contributed by atoms with E-state index in [1.165, 1.54) is 6.07 Å². The average Bonchev–Trinajstić information content (AvgIpc) is 2.69. The van der Waals surface area contributed by atoms with E-state index in [4.69, 9.17) is 9.84 Å². The highest BCUT2D eigenvalue weighted by atomic mass is 19.2. The number of piperidine rings is 1. The summed E-state index contributed by atoms with van der Waals surface area (Å²) in [5.41, 5.74) is 0.602. The van der Waals surface area contributed by atoms with E-state index in [1.54, 1.807) is 35.2 Å². The minimum atomic E-state index is -1.05. The number of rotatable bonds is 6. The van der Waals surface area contributed by atoms with Gasteiger partial charge in [0.05, 0.1) is 0 Å². The second-order valence-corrected chi connectivity index (χ2v) is 6.85. The van der Waals surface area contributed by atoms with Gasteiger partial charge in [-0.25, -0.2) is 8.78 Å². The molecule has 0 aliphatic carbocycles. The van der Waals surface area contributed by atoms with Crippen molar-refractivity contribution in [3.05, 3.63) is 65.7 Å². The Morgan fingerprint density at radius 2 is 1.75 bits per heavy atom. The summed E-state index contributed by atoms with van der Waals surface area (Å²) in [6, 6.07) is 12.0. The largest absolute Gasteiger partial charge is 0.481 e. The molecule has 2 aromatic rings. The van der Waals surface area contributed by atoms with Gasteiger partial charge >= 0.3 is 5.97 Å². The molecular weight excluding hydrogens is 368 g/mol. The van der Waals surface area contributed by atoms with Crippen LogP contribution in [0.25, 0.3) is 0 Å². The van der Waals surface area contributed by atoms with Crippen molar-refractivity contribution in [2.45, 2.75) is 25.4 Å². The van der Waals surface area contributed by atoms with Gasteiger partial charge in [0.25, 0.3) is 5.91 Å². The summed E-state index contributed by atoms with van der Waals surface area (Å²) >= 11 is 0. The molecule has 28 heavy (non-hydrogen) atoms. The first kappa shape index (κ1) is 19.8. The van der Waals surface area contributed by atoms with E-state index in [0.29, 0.717) is 31.5 Å². The summed E-state index contributed by atoms with van der Waals surface area (Å²) in [4.78, 5) is 25.6. The number of amides is 1. The molecule has 1 N–H and O–H groups in total. The molecule has 3 rings (SSSR count). The zero-order valence-electron chi connectivity index (χ0n) is 15.2. The smallest absolute Gasteiger partial charge is 0.303 e. The van der Waals surface area contributed by atoms with E-state index in [1.807, 2.05) is 0 Å². The molecule has 0 bridgehead atoms. The number of hydrogen-bond acceptors (Lipinski definition) is 3. The van der Waals surface area contributed by atoms with Crippen LogP contribution in [0.4, 0.5) is 8.78 Å². The maximum Gasteiger partial charge on any atom is 0.303 e. The molecule has 1 amide bonds. The zero-order valence-corrected chi connectivity index (χ0v) is 15.2. The van der Waals surface area contributed by atoms with Gasteiger partial charge in [0, 0.05) is 31.1 Å². The molecule has 5 nitrogen and oxygen atoms in total. The van der Waals surface area contributed by atoms with Crippen LogP contribution in [0.5, 0.6) is 5.75 Å². The Labute approximate surface area is 161 Å². The van der Waals surface area contributed by atoms with E-state index >= 15 is 0 Å². The van der Waals surface area contributed by atoms with E-state index < -0.39 is 23.7 Å². The summed E-state index contributed by atoms with van der Waals surface area (Å²) in [5, 5.41) is 8.93. The average molecular weight is 389 g/mol. The van der Waals surface area contributed by atoms with Crippen molar-refractivity contribution in [1.82, 2.24) is 4.90 Å². The second-order valence-electron chi connectivity index (χ2n) is 6.85. The van der Waals surface area contributed by atoms with Crippen molar-refractivity contribution >= 4 is 11.9 Å². The molecule has 7 heteroatoms. The fourth-order valence-corrected chi connectivity index (χ4v) is 3.35. The lowest BCUT2D eigenvalue weighted by Crippen LogP contribution is -2.42. The quantitative estimate of drug-likeness (QED) is 0.816. The summed E-state index contributed by atoms with van der Waals surface area (Å²) < 4.78 is 32.5. The van der Waals surface area contributed by atoms with Crippen molar-refractivity contribution in [1.29, 1.82) is 0 Å². The van der Waals surface area contributed by atoms with Crippen LogP contribution < -0.4 is 4.74 Å². The molecule has 0 saturated carbocycles. The summed E-state index contributed by atoms with van der Waals surface area (Å²) in [6.45, 7) is 0.864. The lowest BCUT2D eigenvalue weighted by Gasteiger charge is -2.34. The monoisotopic (exact) mass is 389 g/mol. The number of likely N-dealkylation sites (tertiary alicyclic amines) is 1. The number of aliphatic carboxylic acids is 1. The Morgan fingerprint density at radius 3 is 2.36 bits per heavy atom.